The Morgan fingerprint density at radius 3 is 2.55 bits per heavy atom. The molecule has 0 aromatic heterocycles. The van der Waals surface area contributed by atoms with Gasteiger partial charge in [-0.25, -0.2) is 9.59 Å². The van der Waals surface area contributed by atoms with Crippen molar-refractivity contribution >= 4 is 49.5 Å². The molecule has 0 aliphatic heterocycles. The minimum absolute atomic E-state index is 0.0185. The average molecular weight is 408 g/mol. The maximum Gasteiger partial charge on any atom is 0.337 e. The van der Waals surface area contributed by atoms with Crippen molar-refractivity contribution in [2.75, 3.05) is 11.9 Å². The van der Waals surface area contributed by atoms with Gasteiger partial charge in [0.05, 0.1) is 11.3 Å². The lowest BCUT2D eigenvalue weighted by atomic mass is 10.1. The fourth-order valence-corrected chi connectivity index (χ4v) is 2.76. The monoisotopic (exact) mass is 406 g/mol. The van der Waals surface area contributed by atoms with Gasteiger partial charge < -0.3 is 15.7 Å². The van der Waals surface area contributed by atoms with Gasteiger partial charge in [0.2, 0.25) is 0 Å². The number of amides is 2. The van der Waals surface area contributed by atoms with E-state index in [1.807, 2.05) is 13.8 Å². The molecule has 0 bridgehead atoms. The molecule has 0 aliphatic carbocycles. The number of nitrogens with one attached hydrogen (secondary N) is 2. The average Bonchev–Trinajstić information content (AvgIpc) is 2.38. The second kappa shape index (κ2) is 7.64. The summed E-state index contributed by atoms with van der Waals surface area (Å²) in [6, 6.07) is 2.70. The van der Waals surface area contributed by atoms with Gasteiger partial charge in [0.1, 0.15) is 0 Å². The number of benzene rings is 1. The molecule has 1 rings (SSSR count). The van der Waals surface area contributed by atoms with E-state index < -0.39 is 12.0 Å². The SMILES string of the molecule is CCC(C)CNC(=O)Nc1c(Br)cc(Br)cc1C(=O)O. The maximum absolute atomic E-state index is 11.8. The zero-order chi connectivity index (χ0) is 15.3. The van der Waals surface area contributed by atoms with Gasteiger partial charge in [-0.15, -0.1) is 0 Å². The smallest absolute Gasteiger partial charge is 0.337 e. The molecule has 1 atom stereocenters. The Bertz CT molecular complexity index is 521. The van der Waals surface area contributed by atoms with E-state index in [-0.39, 0.29) is 11.3 Å². The number of carbonyl (C=O) groups is 2. The Kier molecular flexibility index (Phi) is 6.48. The van der Waals surface area contributed by atoms with Gasteiger partial charge in [-0.05, 0) is 34.0 Å². The van der Waals surface area contributed by atoms with E-state index >= 15 is 0 Å². The summed E-state index contributed by atoms with van der Waals surface area (Å²) >= 11 is 6.47. The highest BCUT2D eigenvalue weighted by atomic mass is 79.9. The Labute approximate surface area is 134 Å². The van der Waals surface area contributed by atoms with Crippen LogP contribution in [0.2, 0.25) is 0 Å². The highest BCUT2D eigenvalue weighted by Crippen LogP contribution is 2.30. The van der Waals surface area contributed by atoms with Crippen LogP contribution in [-0.4, -0.2) is 23.7 Å². The number of carboxylic acid groups (broad SMARTS) is 1. The van der Waals surface area contributed by atoms with Crippen LogP contribution in [0, 0.1) is 5.92 Å². The zero-order valence-corrected chi connectivity index (χ0v) is 14.3. The van der Waals surface area contributed by atoms with Crippen molar-refractivity contribution in [2.45, 2.75) is 20.3 Å². The van der Waals surface area contributed by atoms with Crippen molar-refractivity contribution in [3.63, 3.8) is 0 Å². The summed E-state index contributed by atoms with van der Waals surface area (Å²) in [5, 5.41) is 14.5. The molecule has 7 heteroatoms. The minimum atomic E-state index is -1.11. The molecule has 0 heterocycles. The summed E-state index contributed by atoms with van der Waals surface area (Å²) in [5.41, 5.74) is 0.257. The summed E-state index contributed by atoms with van der Waals surface area (Å²) < 4.78 is 1.12. The molecule has 0 saturated heterocycles. The molecule has 0 spiro atoms. The van der Waals surface area contributed by atoms with Crippen molar-refractivity contribution in [1.29, 1.82) is 0 Å². The van der Waals surface area contributed by atoms with Crippen LogP contribution in [0.15, 0.2) is 21.1 Å². The number of aromatic carboxylic acids is 1. The Balaban J connectivity index is 2.86. The highest BCUT2D eigenvalue weighted by molar-refractivity contribution is 9.11. The fraction of sp³-hybridized carbons (Fsp3) is 0.385. The summed E-state index contributed by atoms with van der Waals surface area (Å²) in [6.07, 6.45) is 0.961. The lowest BCUT2D eigenvalue weighted by Crippen LogP contribution is -2.32. The van der Waals surface area contributed by atoms with Crippen LogP contribution in [0.25, 0.3) is 0 Å². The third-order valence-corrected chi connectivity index (χ3v) is 3.92. The number of anilines is 1. The number of hydrogen-bond donors (Lipinski definition) is 3. The summed E-state index contributed by atoms with van der Waals surface area (Å²) in [4.78, 5) is 23.0. The third kappa shape index (κ3) is 4.79. The first-order valence-electron chi connectivity index (χ1n) is 6.12. The van der Waals surface area contributed by atoms with E-state index in [9.17, 15) is 14.7 Å². The molecule has 1 aromatic rings. The van der Waals surface area contributed by atoms with E-state index in [1.165, 1.54) is 6.07 Å². The topological polar surface area (TPSA) is 78.4 Å². The molecule has 0 saturated carbocycles. The van der Waals surface area contributed by atoms with Crippen LogP contribution in [-0.2, 0) is 0 Å². The van der Waals surface area contributed by atoms with Gasteiger partial charge >= 0.3 is 12.0 Å². The number of carboxylic acids is 1. The first kappa shape index (κ1) is 17.0. The number of halogens is 2. The van der Waals surface area contributed by atoms with E-state index in [4.69, 9.17) is 0 Å². The van der Waals surface area contributed by atoms with E-state index in [1.54, 1.807) is 6.07 Å². The molecule has 1 unspecified atom stereocenters. The van der Waals surface area contributed by atoms with Gasteiger partial charge in [0.15, 0.2) is 0 Å². The molecule has 5 nitrogen and oxygen atoms in total. The molecule has 0 radical (unpaired) electrons. The van der Waals surface area contributed by atoms with Crippen molar-refractivity contribution in [2.24, 2.45) is 5.92 Å². The van der Waals surface area contributed by atoms with Crippen LogP contribution >= 0.6 is 31.9 Å². The van der Waals surface area contributed by atoms with Gasteiger partial charge in [0, 0.05) is 15.5 Å². The number of carbonyl (C=O) groups excluding carboxylic acids is 1. The molecule has 0 aliphatic rings. The summed E-state index contributed by atoms with van der Waals surface area (Å²) in [7, 11) is 0. The molecule has 20 heavy (non-hydrogen) atoms. The Hall–Kier alpha value is -1.08. The van der Waals surface area contributed by atoms with E-state index in [0.717, 1.165) is 6.42 Å². The fourth-order valence-electron chi connectivity index (χ4n) is 1.44. The largest absolute Gasteiger partial charge is 0.478 e. The second-order valence-electron chi connectivity index (χ2n) is 4.46. The molecule has 2 amide bonds. The van der Waals surface area contributed by atoms with Crippen molar-refractivity contribution in [3.8, 4) is 0 Å². The van der Waals surface area contributed by atoms with Crippen LogP contribution in [0.5, 0.6) is 0 Å². The Morgan fingerprint density at radius 2 is 2.00 bits per heavy atom. The molecule has 110 valence electrons. The molecular formula is C13H16Br2N2O3. The first-order valence-corrected chi connectivity index (χ1v) is 7.71. The second-order valence-corrected chi connectivity index (χ2v) is 6.23. The van der Waals surface area contributed by atoms with E-state index in [2.05, 4.69) is 42.5 Å². The normalized spacial score (nSPS) is 11.8. The maximum atomic E-state index is 11.8. The van der Waals surface area contributed by atoms with Crippen LogP contribution in [0.4, 0.5) is 10.5 Å². The lowest BCUT2D eigenvalue weighted by Gasteiger charge is -2.14. The first-order chi connectivity index (χ1) is 9.35. The van der Waals surface area contributed by atoms with Gasteiger partial charge in [-0.3, -0.25) is 0 Å². The highest BCUT2D eigenvalue weighted by Gasteiger charge is 2.17. The van der Waals surface area contributed by atoms with Crippen molar-refractivity contribution < 1.29 is 14.7 Å². The third-order valence-electron chi connectivity index (χ3n) is 2.83. The number of urea groups is 1. The van der Waals surface area contributed by atoms with Gasteiger partial charge in [0.25, 0.3) is 0 Å². The van der Waals surface area contributed by atoms with Gasteiger partial charge in [-0.2, -0.15) is 0 Å². The number of hydrogen-bond acceptors (Lipinski definition) is 2. The Morgan fingerprint density at radius 1 is 1.35 bits per heavy atom. The van der Waals surface area contributed by atoms with E-state index in [0.29, 0.717) is 21.4 Å². The van der Waals surface area contributed by atoms with Crippen molar-refractivity contribution in [1.82, 2.24) is 5.32 Å². The molecule has 1 aromatic carbocycles. The minimum Gasteiger partial charge on any atom is -0.478 e. The van der Waals surface area contributed by atoms with Gasteiger partial charge in [-0.1, -0.05) is 36.2 Å². The molecular weight excluding hydrogens is 392 g/mol. The van der Waals surface area contributed by atoms with Crippen LogP contribution < -0.4 is 10.6 Å². The lowest BCUT2D eigenvalue weighted by molar-refractivity contribution is 0.0698. The summed E-state index contributed by atoms with van der Waals surface area (Å²) in [5.74, 6) is -0.739. The molecule has 3 N–H and O–H groups in total. The number of rotatable bonds is 5. The van der Waals surface area contributed by atoms with Crippen LogP contribution in [0.3, 0.4) is 0 Å². The zero-order valence-electron chi connectivity index (χ0n) is 11.2. The van der Waals surface area contributed by atoms with Crippen molar-refractivity contribution in [3.05, 3.63) is 26.6 Å². The van der Waals surface area contributed by atoms with Crippen LogP contribution in [0.1, 0.15) is 30.6 Å². The predicted molar refractivity (Wildman–Crippen MR) is 85.3 cm³/mol. The predicted octanol–water partition coefficient (Wildman–Crippen LogP) is 4.08. The quantitative estimate of drug-likeness (QED) is 0.688. The molecule has 0 fully saturated rings. The standard InChI is InChI=1S/C13H16Br2N2O3/c1-3-7(2)6-16-13(20)17-11-9(12(18)19)4-8(14)5-10(11)15/h4-5,7H,3,6H2,1-2H3,(H,18,19)(H2,16,17,20). The summed E-state index contributed by atoms with van der Waals surface area (Å²) in [6.45, 7) is 4.61.